The van der Waals surface area contributed by atoms with Crippen LogP contribution in [-0.2, 0) is 9.47 Å². The Bertz CT molecular complexity index is 1130. The second-order valence-corrected chi connectivity index (χ2v) is 6.57. The molecule has 156 valence electrons. The molecule has 0 saturated carbocycles. The lowest BCUT2D eigenvalue weighted by molar-refractivity contribution is 0.0556. The van der Waals surface area contributed by atoms with E-state index in [0.717, 1.165) is 0 Å². The Hall–Kier alpha value is -3.32. The second-order valence-electron chi connectivity index (χ2n) is 6.18. The number of pyridine rings is 1. The van der Waals surface area contributed by atoms with Crippen molar-refractivity contribution in [2.75, 3.05) is 27.9 Å². The molecule has 0 aliphatic carbocycles. The first-order chi connectivity index (χ1) is 14.4. The molecule has 0 aliphatic heterocycles. The number of ether oxygens (including phenoxy) is 4. The van der Waals surface area contributed by atoms with E-state index in [1.807, 2.05) is 6.92 Å². The van der Waals surface area contributed by atoms with Crippen molar-refractivity contribution in [2.45, 2.75) is 6.92 Å². The quantitative estimate of drug-likeness (QED) is 0.420. The summed E-state index contributed by atoms with van der Waals surface area (Å²) in [5.41, 5.74) is 1.16. The summed E-state index contributed by atoms with van der Waals surface area (Å²) < 4.78 is 21.0. The van der Waals surface area contributed by atoms with Crippen molar-refractivity contribution in [1.82, 2.24) is 4.98 Å². The maximum absolute atomic E-state index is 12.8. The first-order valence-corrected chi connectivity index (χ1v) is 9.43. The number of hydrogen-bond acceptors (Lipinski definition) is 7. The van der Waals surface area contributed by atoms with Gasteiger partial charge in [0.15, 0.2) is 11.5 Å². The third-order valence-electron chi connectivity index (χ3n) is 4.53. The van der Waals surface area contributed by atoms with Crippen LogP contribution in [0.5, 0.6) is 11.5 Å². The number of nitrogens with zero attached hydrogens (tertiary/aromatic N) is 1. The lowest BCUT2D eigenvalue weighted by atomic mass is 9.89. The van der Waals surface area contributed by atoms with E-state index in [0.29, 0.717) is 40.0 Å². The lowest BCUT2D eigenvalue weighted by Crippen LogP contribution is -2.14. The van der Waals surface area contributed by atoms with Crippen molar-refractivity contribution in [3.8, 4) is 22.6 Å². The molecule has 0 bridgehead atoms. The van der Waals surface area contributed by atoms with E-state index in [9.17, 15) is 9.59 Å². The number of carbonyl (C=O) groups is 2. The van der Waals surface area contributed by atoms with Gasteiger partial charge in [0.05, 0.1) is 39.1 Å². The SMILES string of the molecule is CCOc1cc2c(-c3ccnc(Cl)c3)c(C(=O)OC)c(C(=O)OC)cc2cc1OC. The van der Waals surface area contributed by atoms with Gasteiger partial charge in [0.2, 0.25) is 0 Å². The van der Waals surface area contributed by atoms with Crippen LogP contribution in [0.4, 0.5) is 0 Å². The molecule has 0 saturated heterocycles. The normalized spacial score (nSPS) is 10.6. The molecule has 0 spiro atoms. The van der Waals surface area contributed by atoms with Crippen LogP contribution < -0.4 is 9.47 Å². The Morgan fingerprint density at radius 2 is 1.73 bits per heavy atom. The Balaban J connectivity index is 2.53. The Morgan fingerprint density at radius 1 is 1.00 bits per heavy atom. The zero-order valence-corrected chi connectivity index (χ0v) is 17.7. The standard InChI is InChI=1S/C22H20ClNO6/c1-5-30-17-11-14-13(9-16(17)27-2)8-15(21(25)28-3)20(22(26)29-4)19(14)12-6-7-24-18(23)10-12/h6-11H,5H2,1-4H3. The van der Waals surface area contributed by atoms with Crippen molar-refractivity contribution in [1.29, 1.82) is 0 Å². The van der Waals surface area contributed by atoms with Gasteiger partial charge < -0.3 is 18.9 Å². The average Bonchev–Trinajstić information content (AvgIpc) is 2.76. The number of methoxy groups -OCH3 is 3. The summed E-state index contributed by atoms with van der Waals surface area (Å²) in [4.78, 5) is 29.3. The fourth-order valence-corrected chi connectivity index (χ4v) is 3.45. The smallest absolute Gasteiger partial charge is 0.339 e. The van der Waals surface area contributed by atoms with E-state index in [1.54, 1.807) is 30.3 Å². The van der Waals surface area contributed by atoms with Crippen LogP contribution in [0.1, 0.15) is 27.6 Å². The minimum Gasteiger partial charge on any atom is -0.493 e. The molecule has 7 nitrogen and oxygen atoms in total. The lowest BCUT2D eigenvalue weighted by Gasteiger charge is -2.18. The molecule has 0 unspecified atom stereocenters. The first-order valence-electron chi connectivity index (χ1n) is 9.05. The number of halogens is 1. The predicted molar refractivity (Wildman–Crippen MR) is 113 cm³/mol. The minimum atomic E-state index is -0.686. The van der Waals surface area contributed by atoms with Gasteiger partial charge in [-0.05, 0) is 53.6 Å². The highest BCUT2D eigenvalue weighted by Gasteiger charge is 2.27. The number of esters is 2. The van der Waals surface area contributed by atoms with Gasteiger partial charge in [-0.3, -0.25) is 0 Å². The summed E-state index contributed by atoms with van der Waals surface area (Å²) in [5.74, 6) is -0.374. The van der Waals surface area contributed by atoms with Crippen molar-refractivity contribution in [2.24, 2.45) is 0 Å². The van der Waals surface area contributed by atoms with Gasteiger partial charge in [0.1, 0.15) is 5.15 Å². The summed E-state index contributed by atoms with van der Waals surface area (Å²) in [5, 5.41) is 1.53. The van der Waals surface area contributed by atoms with Crippen molar-refractivity contribution in [3.05, 3.63) is 52.8 Å². The summed E-state index contributed by atoms with van der Waals surface area (Å²) in [6.07, 6.45) is 1.52. The van der Waals surface area contributed by atoms with Crippen LogP contribution in [0.15, 0.2) is 36.5 Å². The predicted octanol–water partition coefficient (Wildman–Crippen LogP) is 4.54. The molecule has 3 rings (SSSR count). The van der Waals surface area contributed by atoms with Crippen LogP contribution in [-0.4, -0.2) is 44.9 Å². The molecule has 0 N–H and O–H groups in total. The Morgan fingerprint density at radius 3 is 2.33 bits per heavy atom. The summed E-state index contributed by atoms with van der Waals surface area (Å²) in [6, 6.07) is 8.36. The second kappa shape index (κ2) is 9.00. The summed E-state index contributed by atoms with van der Waals surface area (Å²) in [7, 11) is 4.02. The van der Waals surface area contributed by atoms with Gasteiger partial charge in [-0.15, -0.1) is 0 Å². The van der Waals surface area contributed by atoms with Gasteiger partial charge in [0, 0.05) is 11.8 Å². The highest BCUT2D eigenvalue weighted by molar-refractivity contribution is 6.29. The van der Waals surface area contributed by atoms with Crippen LogP contribution in [0.3, 0.4) is 0 Å². The van der Waals surface area contributed by atoms with Gasteiger partial charge in [-0.1, -0.05) is 11.6 Å². The largest absolute Gasteiger partial charge is 0.493 e. The third kappa shape index (κ3) is 3.89. The molecule has 1 aromatic heterocycles. The fourth-order valence-electron chi connectivity index (χ4n) is 3.28. The van der Waals surface area contributed by atoms with E-state index >= 15 is 0 Å². The van der Waals surface area contributed by atoms with Crippen LogP contribution >= 0.6 is 11.6 Å². The molecule has 1 heterocycles. The molecule has 0 atom stereocenters. The number of benzene rings is 2. The van der Waals surface area contributed by atoms with Crippen molar-refractivity contribution < 1.29 is 28.5 Å². The minimum absolute atomic E-state index is 0.0611. The molecule has 30 heavy (non-hydrogen) atoms. The number of hydrogen-bond donors (Lipinski definition) is 0. The van der Waals surface area contributed by atoms with Gasteiger partial charge in [-0.2, -0.15) is 0 Å². The molecular weight excluding hydrogens is 410 g/mol. The molecule has 0 aliphatic rings. The zero-order valence-electron chi connectivity index (χ0n) is 16.9. The summed E-state index contributed by atoms with van der Waals surface area (Å²) >= 11 is 6.11. The number of aromatic nitrogens is 1. The van der Waals surface area contributed by atoms with E-state index in [4.69, 9.17) is 30.5 Å². The van der Waals surface area contributed by atoms with Gasteiger partial charge in [-0.25, -0.2) is 14.6 Å². The zero-order chi connectivity index (χ0) is 21.8. The molecule has 8 heteroatoms. The Kier molecular flexibility index (Phi) is 6.42. The van der Waals surface area contributed by atoms with Crippen LogP contribution in [0.2, 0.25) is 5.15 Å². The molecule has 0 radical (unpaired) electrons. The molecule has 3 aromatic rings. The number of fused-ring (bicyclic) bond motifs is 1. The monoisotopic (exact) mass is 429 g/mol. The Labute approximate surface area is 178 Å². The summed E-state index contributed by atoms with van der Waals surface area (Å²) in [6.45, 7) is 2.27. The van der Waals surface area contributed by atoms with E-state index in [1.165, 1.54) is 27.5 Å². The molecular formula is C22H20ClNO6. The number of rotatable bonds is 6. The molecule has 2 aromatic carbocycles. The topological polar surface area (TPSA) is 84.0 Å². The number of carbonyl (C=O) groups excluding carboxylic acids is 2. The molecule has 0 amide bonds. The highest BCUT2D eigenvalue weighted by atomic mass is 35.5. The van der Waals surface area contributed by atoms with Crippen molar-refractivity contribution >= 4 is 34.3 Å². The van der Waals surface area contributed by atoms with Crippen LogP contribution in [0, 0.1) is 0 Å². The first kappa shape index (κ1) is 21.4. The highest BCUT2D eigenvalue weighted by Crippen LogP contribution is 2.41. The van der Waals surface area contributed by atoms with E-state index < -0.39 is 11.9 Å². The third-order valence-corrected chi connectivity index (χ3v) is 4.74. The average molecular weight is 430 g/mol. The van der Waals surface area contributed by atoms with Gasteiger partial charge >= 0.3 is 11.9 Å². The molecule has 0 fully saturated rings. The van der Waals surface area contributed by atoms with E-state index in [-0.39, 0.29) is 16.3 Å². The van der Waals surface area contributed by atoms with Crippen molar-refractivity contribution in [3.63, 3.8) is 0 Å². The van der Waals surface area contributed by atoms with Gasteiger partial charge in [0.25, 0.3) is 0 Å². The fraction of sp³-hybridized carbons (Fsp3) is 0.227. The van der Waals surface area contributed by atoms with Crippen LogP contribution in [0.25, 0.3) is 21.9 Å². The van der Waals surface area contributed by atoms with E-state index in [2.05, 4.69) is 4.98 Å². The maximum Gasteiger partial charge on any atom is 0.339 e. The maximum atomic E-state index is 12.8.